The average molecular weight is 207 g/mol. The molecule has 1 heterocycles. The van der Waals surface area contributed by atoms with E-state index >= 15 is 0 Å². The zero-order valence-corrected chi connectivity index (χ0v) is 9.52. The van der Waals surface area contributed by atoms with Gasteiger partial charge >= 0.3 is 0 Å². The zero-order chi connectivity index (χ0) is 10.9. The Hall–Kier alpha value is -0.890. The van der Waals surface area contributed by atoms with E-state index in [1.165, 1.54) is 25.7 Å². The molecule has 0 saturated heterocycles. The van der Waals surface area contributed by atoms with Crippen LogP contribution in [0.1, 0.15) is 57.2 Å². The first-order valence-corrected chi connectivity index (χ1v) is 5.93. The molecule has 84 valence electrons. The zero-order valence-electron chi connectivity index (χ0n) is 9.52. The van der Waals surface area contributed by atoms with Gasteiger partial charge in [0.25, 0.3) is 0 Å². The lowest BCUT2D eigenvalue weighted by molar-refractivity contribution is 0.158. The van der Waals surface area contributed by atoms with Crippen LogP contribution in [0.25, 0.3) is 0 Å². The highest BCUT2D eigenvalue weighted by atomic mass is 16.3. The van der Waals surface area contributed by atoms with E-state index in [0.717, 1.165) is 18.5 Å². The molecule has 0 aliphatic carbocycles. The van der Waals surface area contributed by atoms with Crippen LogP contribution in [0.5, 0.6) is 0 Å². The van der Waals surface area contributed by atoms with Gasteiger partial charge in [0, 0.05) is 6.20 Å². The summed E-state index contributed by atoms with van der Waals surface area (Å²) in [4.78, 5) is 4.14. The monoisotopic (exact) mass is 207 g/mol. The van der Waals surface area contributed by atoms with Gasteiger partial charge in [0.05, 0.1) is 11.8 Å². The number of unbranched alkanes of at least 4 members (excludes halogenated alkanes) is 4. The van der Waals surface area contributed by atoms with Crippen LogP contribution >= 0.6 is 0 Å². The van der Waals surface area contributed by atoms with E-state index in [9.17, 15) is 5.11 Å². The maximum atomic E-state index is 9.81. The Labute approximate surface area is 92.4 Å². The number of hydrogen-bond donors (Lipinski definition) is 1. The van der Waals surface area contributed by atoms with Crippen molar-refractivity contribution in [3.8, 4) is 0 Å². The van der Waals surface area contributed by atoms with Gasteiger partial charge in [-0.05, 0) is 18.6 Å². The predicted molar refractivity (Wildman–Crippen MR) is 62.6 cm³/mol. The molecule has 1 N–H and O–H groups in total. The largest absolute Gasteiger partial charge is 0.387 e. The normalized spacial score (nSPS) is 12.7. The SMILES string of the molecule is CCCCCCCC(O)c1ccccn1. The van der Waals surface area contributed by atoms with Gasteiger partial charge in [-0.2, -0.15) is 0 Å². The fraction of sp³-hybridized carbons (Fsp3) is 0.615. The van der Waals surface area contributed by atoms with Crippen molar-refractivity contribution in [2.24, 2.45) is 0 Å². The van der Waals surface area contributed by atoms with E-state index in [0.29, 0.717) is 0 Å². The van der Waals surface area contributed by atoms with Crippen molar-refractivity contribution in [1.29, 1.82) is 0 Å². The van der Waals surface area contributed by atoms with Crippen molar-refractivity contribution < 1.29 is 5.11 Å². The molecule has 0 fully saturated rings. The van der Waals surface area contributed by atoms with Crippen LogP contribution in [-0.4, -0.2) is 10.1 Å². The third-order valence-electron chi connectivity index (χ3n) is 2.61. The number of aliphatic hydroxyl groups excluding tert-OH is 1. The van der Waals surface area contributed by atoms with Crippen molar-refractivity contribution in [2.75, 3.05) is 0 Å². The Kier molecular flexibility index (Phi) is 6.02. The van der Waals surface area contributed by atoms with Gasteiger partial charge in [0.15, 0.2) is 0 Å². The summed E-state index contributed by atoms with van der Waals surface area (Å²) in [6, 6.07) is 5.68. The summed E-state index contributed by atoms with van der Waals surface area (Å²) in [5.41, 5.74) is 0.799. The molecular weight excluding hydrogens is 186 g/mol. The van der Waals surface area contributed by atoms with Crippen molar-refractivity contribution in [2.45, 2.75) is 51.6 Å². The molecule has 0 spiro atoms. The van der Waals surface area contributed by atoms with Crippen LogP contribution in [0.3, 0.4) is 0 Å². The van der Waals surface area contributed by atoms with Crippen molar-refractivity contribution in [3.63, 3.8) is 0 Å². The lowest BCUT2D eigenvalue weighted by atomic mass is 10.1. The van der Waals surface area contributed by atoms with Crippen LogP contribution in [0.15, 0.2) is 24.4 Å². The molecule has 0 radical (unpaired) electrons. The summed E-state index contributed by atoms with van der Waals surface area (Å²) in [5, 5.41) is 9.81. The summed E-state index contributed by atoms with van der Waals surface area (Å²) in [5.74, 6) is 0. The minimum atomic E-state index is -0.382. The van der Waals surface area contributed by atoms with Crippen molar-refractivity contribution in [3.05, 3.63) is 30.1 Å². The minimum Gasteiger partial charge on any atom is -0.387 e. The van der Waals surface area contributed by atoms with E-state index in [-0.39, 0.29) is 6.10 Å². The molecule has 0 aliphatic heterocycles. The Bertz CT molecular complexity index is 248. The topological polar surface area (TPSA) is 33.1 Å². The van der Waals surface area contributed by atoms with E-state index in [1.54, 1.807) is 6.20 Å². The van der Waals surface area contributed by atoms with Gasteiger partial charge in [-0.25, -0.2) is 0 Å². The summed E-state index contributed by atoms with van der Waals surface area (Å²) in [7, 11) is 0. The molecule has 0 aromatic carbocycles. The summed E-state index contributed by atoms with van der Waals surface area (Å²) in [6.45, 7) is 2.21. The Balaban J connectivity index is 2.16. The Morgan fingerprint density at radius 1 is 1.20 bits per heavy atom. The second-order valence-electron chi connectivity index (χ2n) is 3.97. The molecular formula is C13H21NO. The molecule has 1 atom stereocenters. The first kappa shape index (κ1) is 12.2. The van der Waals surface area contributed by atoms with Crippen LogP contribution in [-0.2, 0) is 0 Å². The van der Waals surface area contributed by atoms with E-state index in [2.05, 4.69) is 11.9 Å². The number of rotatable bonds is 7. The molecule has 0 bridgehead atoms. The maximum absolute atomic E-state index is 9.81. The summed E-state index contributed by atoms with van der Waals surface area (Å²) >= 11 is 0. The van der Waals surface area contributed by atoms with Gasteiger partial charge in [0.2, 0.25) is 0 Å². The van der Waals surface area contributed by atoms with E-state index in [1.807, 2.05) is 18.2 Å². The van der Waals surface area contributed by atoms with Gasteiger partial charge in [-0.3, -0.25) is 4.98 Å². The molecule has 0 amide bonds. The van der Waals surface area contributed by atoms with Gasteiger partial charge in [-0.15, -0.1) is 0 Å². The molecule has 2 nitrogen and oxygen atoms in total. The molecule has 15 heavy (non-hydrogen) atoms. The van der Waals surface area contributed by atoms with Gasteiger partial charge in [-0.1, -0.05) is 45.1 Å². The number of pyridine rings is 1. The molecule has 2 heteroatoms. The minimum absolute atomic E-state index is 0.382. The number of hydrogen-bond acceptors (Lipinski definition) is 2. The molecule has 0 aliphatic rings. The molecule has 0 saturated carbocycles. The lowest BCUT2D eigenvalue weighted by Crippen LogP contribution is -1.99. The van der Waals surface area contributed by atoms with Gasteiger partial charge in [0.1, 0.15) is 0 Å². The maximum Gasteiger partial charge on any atom is 0.0959 e. The highest BCUT2D eigenvalue weighted by Crippen LogP contribution is 2.17. The second kappa shape index (κ2) is 7.41. The number of nitrogens with zero attached hydrogens (tertiary/aromatic N) is 1. The Morgan fingerprint density at radius 2 is 2.00 bits per heavy atom. The lowest BCUT2D eigenvalue weighted by Gasteiger charge is -2.09. The quantitative estimate of drug-likeness (QED) is 0.694. The van der Waals surface area contributed by atoms with Crippen LogP contribution in [0.2, 0.25) is 0 Å². The molecule has 1 rings (SSSR count). The second-order valence-corrected chi connectivity index (χ2v) is 3.97. The van der Waals surface area contributed by atoms with Crippen LogP contribution in [0.4, 0.5) is 0 Å². The molecule has 1 aromatic heterocycles. The van der Waals surface area contributed by atoms with Crippen LogP contribution < -0.4 is 0 Å². The third-order valence-corrected chi connectivity index (χ3v) is 2.61. The first-order valence-electron chi connectivity index (χ1n) is 5.93. The highest BCUT2D eigenvalue weighted by molar-refractivity contribution is 5.06. The van der Waals surface area contributed by atoms with E-state index in [4.69, 9.17) is 0 Å². The first-order chi connectivity index (χ1) is 7.34. The Morgan fingerprint density at radius 3 is 2.67 bits per heavy atom. The number of aromatic nitrogens is 1. The molecule has 1 unspecified atom stereocenters. The summed E-state index contributed by atoms with van der Waals surface area (Å²) in [6.07, 6.45) is 8.35. The average Bonchev–Trinajstić information content (AvgIpc) is 2.30. The standard InChI is InChI=1S/C13H21NO/c1-2-3-4-5-6-10-13(15)12-9-7-8-11-14-12/h7-9,11,13,15H,2-6,10H2,1H3. The smallest absolute Gasteiger partial charge is 0.0959 e. The molecule has 1 aromatic rings. The summed E-state index contributed by atoms with van der Waals surface area (Å²) < 4.78 is 0. The predicted octanol–water partition coefficient (Wildman–Crippen LogP) is 3.48. The van der Waals surface area contributed by atoms with Crippen LogP contribution in [0, 0.1) is 0 Å². The fourth-order valence-corrected chi connectivity index (χ4v) is 1.66. The van der Waals surface area contributed by atoms with Gasteiger partial charge < -0.3 is 5.11 Å². The third kappa shape index (κ3) is 4.93. The van der Waals surface area contributed by atoms with Crippen molar-refractivity contribution in [1.82, 2.24) is 4.98 Å². The van der Waals surface area contributed by atoms with E-state index < -0.39 is 0 Å². The van der Waals surface area contributed by atoms with Crippen molar-refractivity contribution >= 4 is 0 Å². The number of aliphatic hydroxyl groups is 1. The fourth-order valence-electron chi connectivity index (χ4n) is 1.66. The highest BCUT2D eigenvalue weighted by Gasteiger charge is 2.06.